The first-order valence-electron chi connectivity index (χ1n) is 9.06. The van der Waals surface area contributed by atoms with Gasteiger partial charge in [-0.25, -0.2) is 4.98 Å². The summed E-state index contributed by atoms with van der Waals surface area (Å²) in [6.07, 6.45) is 3.80. The van der Waals surface area contributed by atoms with Gasteiger partial charge in [0, 0.05) is 35.1 Å². The van der Waals surface area contributed by atoms with Gasteiger partial charge in [-0.3, -0.25) is 4.79 Å². The SMILES string of the molecule is Cc1cc(C)cc(NC(=O)[C@@H]2CCCN(c3nccc4sccc34)C2)c1. The summed E-state index contributed by atoms with van der Waals surface area (Å²) in [5, 5.41) is 6.40. The molecule has 1 aromatic carbocycles. The van der Waals surface area contributed by atoms with E-state index in [1.807, 2.05) is 18.3 Å². The van der Waals surface area contributed by atoms with Gasteiger partial charge in [0.2, 0.25) is 5.91 Å². The van der Waals surface area contributed by atoms with Crippen LogP contribution in [0.4, 0.5) is 11.5 Å². The Balaban J connectivity index is 1.51. The van der Waals surface area contributed by atoms with Gasteiger partial charge in [0.25, 0.3) is 0 Å². The molecule has 1 amide bonds. The second-order valence-electron chi connectivity index (χ2n) is 7.12. The summed E-state index contributed by atoms with van der Waals surface area (Å²) in [5.74, 6) is 1.10. The van der Waals surface area contributed by atoms with Crippen LogP contribution in [0.3, 0.4) is 0 Å². The second kappa shape index (κ2) is 7.08. The van der Waals surface area contributed by atoms with E-state index in [1.54, 1.807) is 11.3 Å². The number of aryl methyl sites for hydroxylation is 2. The lowest BCUT2D eigenvalue weighted by atomic mass is 9.96. The van der Waals surface area contributed by atoms with E-state index < -0.39 is 0 Å². The Labute approximate surface area is 157 Å². The van der Waals surface area contributed by atoms with E-state index in [-0.39, 0.29) is 11.8 Å². The number of piperidine rings is 1. The molecular weight excluding hydrogens is 342 g/mol. The number of pyridine rings is 1. The Morgan fingerprint density at radius 2 is 2.04 bits per heavy atom. The van der Waals surface area contributed by atoms with Gasteiger partial charge in [-0.2, -0.15) is 0 Å². The molecule has 0 radical (unpaired) electrons. The van der Waals surface area contributed by atoms with Crippen molar-refractivity contribution in [3.8, 4) is 0 Å². The van der Waals surface area contributed by atoms with Crippen molar-refractivity contribution in [1.29, 1.82) is 0 Å². The zero-order valence-electron chi connectivity index (χ0n) is 15.2. The third-order valence-corrected chi connectivity index (χ3v) is 5.82. The molecule has 1 N–H and O–H groups in total. The van der Waals surface area contributed by atoms with E-state index in [1.165, 1.54) is 21.2 Å². The van der Waals surface area contributed by atoms with Crippen LogP contribution in [0, 0.1) is 19.8 Å². The predicted molar refractivity (Wildman–Crippen MR) is 109 cm³/mol. The van der Waals surface area contributed by atoms with Crippen LogP contribution in [0.5, 0.6) is 0 Å². The number of hydrogen-bond acceptors (Lipinski definition) is 4. The number of thiophene rings is 1. The largest absolute Gasteiger partial charge is 0.355 e. The van der Waals surface area contributed by atoms with Crippen molar-refractivity contribution in [3.05, 3.63) is 53.0 Å². The van der Waals surface area contributed by atoms with Gasteiger partial charge in [0.1, 0.15) is 5.82 Å². The summed E-state index contributed by atoms with van der Waals surface area (Å²) >= 11 is 1.73. The fraction of sp³-hybridized carbons (Fsp3) is 0.333. The smallest absolute Gasteiger partial charge is 0.229 e. The minimum Gasteiger partial charge on any atom is -0.355 e. The van der Waals surface area contributed by atoms with Gasteiger partial charge in [-0.15, -0.1) is 11.3 Å². The van der Waals surface area contributed by atoms with Crippen LogP contribution in [0.15, 0.2) is 41.9 Å². The van der Waals surface area contributed by atoms with Crippen LogP contribution in [0.2, 0.25) is 0 Å². The van der Waals surface area contributed by atoms with Crippen molar-refractivity contribution in [3.63, 3.8) is 0 Å². The summed E-state index contributed by atoms with van der Waals surface area (Å²) < 4.78 is 1.25. The molecule has 26 heavy (non-hydrogen) atoms. The highest BCUT2D eigenvalue weighted by Crippen LogP contribution is 2.31. The number of hydrogen-bond donors (Lipinski definition) is 1. The number of amides is 1. The molecule has 2 aromatic heterocycles. The lowest BCUT2D eigenvalue weighted by Crippen LogP contribution is -2.41. The molecule has 1 fully saturated rings. The number of carbonyl (C=O) groups is 1. The van der Waals surface area contributed by atoms with E-state index in [0.717, 1.165) is 37.4 Å². The van der Waals surface area contributed by atoms with Crippen LogP contribution in [0.1, 0.15) is 24.0 Å². The number of fused-ring (bicyclic) bond motifs is 1. The third-order valence-electron chi connectivity index (χ3n) is 4.94. The molecule has 3 aromatic rings. The first-order valence-corrected chi connectivity index (χ1v) is 9.94. The molecule has 4 nitrogen and oxygen atoms in total. The average molecular weight is 366 g/mol. The molecule has 1 aliphatic heterocycles. The average Bonchev–Trinajstić information content (AvgIpc) is 3.09. The highest BCUT2D eigenvalue weighted by atomic mass is 32.1. The molecule has 0 spiro atoms. The number of nitrogens with one attached hydrogen (secondary N) is 1. The first kappa shape index (κ1) is 17.0. The number of anilines is 2. The lowest BCUT2D eigenvalue weighted by Gasteiger charge is -2.33. The zero-order valence-corrected chi connectivity index (χ0v) is 16.0. The van der Waals surface area contributed by atoms with Crippen molar-refractivity contribution in [1.82, 2.24) is 4.98 Å². The van der Waals surface area contributed by atoms with Gasteiger partial charge in [-0.1, -0.05) is 6.07 Å². The second-order valence-corrected chi connectivity index (χ2v) is 8.07. The molecule has 134 valence electrons. The van der Waals surface area contributed by atoms with Crippen molar-refractivity contribution < 1.29 is 4.79 Å². The maximum Gasteiger partial charge on any atom is 0.229 e. The summed E-state index contributed by atoms with van der Waals surface area (Å²) in [6.45, 7) is 5.78. The van der Waals surface area contributed by atoms with Gasteiger partial charge < -0.3 is 10.2 Å². The minimum atomic E-state index is -0.0136. The number of nitrogens with zero attached hydrogens (tertiary/aromatic N) is 2. The molecule has 1 aliphatic rings. The fourth-order valence-corrected chi connectivity index (χ4v) is 4.58. The highest BCUT2D eigenvalue weighted by molar-refractivity contribution is 7.17. The van der Waals surface area contributed by atoms with Crippen LogP contribution in [-0.4, -0.2) is 24.0 Å². The maximum atomic E-state index is 12.8. The molecular formula is C21H23N3OS. The Kier molecular flexibility index (Phi) is 4.64. The van der Waals surface area contributed by atoms with Gasteiger partial charge in [0.15, 0.2) is 0 Å². The predicted octanol–water partition coefficient (Wildman–Crippen LogP) is 4.77. The third kappa shape index (κ3) is 3.44. The molecule has 0 saturated carbocycles. The molecule has 0 bridgehead atoms. The van der Waals surface area contributed by atoms with Crippen LogP contribution in [-0.2, 0) is 4.79 Å². The van der Waals surface area contributed by atoms with E-state index in [4.69, 9.17) is 0 Å². The zero-order chi connectivity index (χ0) is 18.1. The topological polar surface area (TPSA) is 45.2 Å². The van der Waals surface area contributed by atoms with E-state index in [9.17, 15) is 4.79 Å². The van der Waals surface area contributed by atoms with E-state index >= 15 is 0 Å². The summed E-state index contributed by atoms with van der Waals surface area (Å²) in [5.41, 5.74) is 3.22. The van der Waals surface area contributed by atoms with E-state index in [0.29, 0.717) is 0 Å². The molecule has 1 atom stereocenters. The lowest BCUT2D eigenvalue weighted by molar-refractivity contribution is -0.120. The molecule has 0 aliphatic carbocycles. The quantitative estimate of drug-likeness (QED) is 0.727. The maximum absolute atomic E-state index is 12.8. The molecule has 4 rings (SSSR count). The Hall–Kier alpha value is -2.40. The van der Waals surface area contributed by atoms with Crippen molar-refractivity contribution in [2.45, 2.75) is 26.7 Å². The summed E-state index contributed by atoms with van der Waals surface area (Å²) in [6, 6.07) is 10.3. The van der Waals surface area contributed by atoms with Gasteiger partial charge in [0.05, 0.1) is 5.92 Å². The molecule has 3 heterocycles. The number of benzene rings is 1. The molecule has 5 heteroatoms. The van der Waals surface area contributed by atoms with Crippen LogP contribution < -0.4 is 10.2 Å². The van der Waals surface area contributed by atoms with Crippen LogP contribution in [0.25, 0.3) is 10.1 Å². The number of rotatable bonds is 3. The standard InChI is InChI=1S/C21H23N3OS/c1-14-10-15(2)12-17(11-14)23-21(25)16-4-3-8-24(13-16)20-18-6-9-26-19(18)5-7-22-20/h5-7,9-12,16H,3-4,8,13H2,1-2H3,(H,23,25)/t16-/m1/s1. The molecule has 1 saturated heterocycles. The van der Waals surface area contributed by atoms with Crippen molar-refractivity contribution in [2.24, 2.45) is 5.92 Å². The minimum absolute atomic E-state index is 0.0136. The molecule has 0 unspecified atom stereocenters. The number of carbonyl (C=O) groups excluding carboxylic acids is 1. The van der Waals surface area contributed by atoms with Gasteiger partial charge >= 0.3 is 0 Å². The summed E-state index contributed by atoms with van der Waals surface area (Å²) in [4.78, 5) is 19.7. The van der Waals surface area contributed by atoms with Crippen molar-refractivity contribution >= 4 is 38.8 Å². The Bertz CT molecular complexity index is 929. The van der Waals surface area contributed by atoms with E-state index in [2.05, 4.69) is 52.6 Å². The van der Waals surface area contributed by atoms with Crippen LogP contribution >= 0.6 is 11.3 Å². The normalized spacial score (nSPS) is 17.5. The monoisotopic (exact) mass is 365 g/mol. The summed E-state index contributed by atoms with van der Waals surface area (Å²) in [7, 11) is 0. The fourth-order valence-electron chi connectivity index (χ4n) is 3.81. The Morgan fingerprint density at radius 3 is 2.85 bits per heavy atom. The highest BCUT2D eigenvalue weighted by Gasteiger charge is 2.27. The number of aromatic nitrogens is 1. The van der Waals surface area contributed by atoms with Gasteiger partial charge in [-0.05, 0) is 67.5 Å². The van der Waals surface area contributed by atoms with Crippen molar-refractivity contribution in [2.75, 3.05) is 23.3 Å². The first-order chi connectivity index (χ1) is 12.6. The Morgan fingerprint density at radius 1 is 1.23 bits per heavy atom.